The summed E-state index contributed by atoms with van der Waals surface area (Å²) in [7, 11) is 0. The van der Waals surface area contributed by atoms with Crippen LogP contribution in [0.15, 0.2) is 36.4 Å². The number of carbonyl (C=O) groups excluding carboxylic acids is 2. The molecule has 0 atom stereocenters. The highest BCUT2D eigenvalue weighted by molar-refractivity contribution is 14.1. The fraction of sp³-hybridized carbons (Fsp3) is 0.333. The number of likely N-dealkylation sites (N-methyl/N-ethyl adjacent to an activating group) is 1. The number of nitrogens with zero attached hydrogens (tertiary/aromatic N) is 1. The van der Waals surface area contributed by atoms with E-state index < -0.39 is 5.97 Å². The van der Waals surface area contributed by atoms with Gasteiger partial charge in [0.05, 0.1) is 5.56 Å². The highest BCUT2D eigenvalue weighted by Gasteiger charge is 2.16. The van der Waals surface area contributed by atoms with Crippen molar-refractivity contribution in [2.75, 3.05) is 19.7 Å². The maximum atomic E-state index is 11.9. The molecule has 0 aliphatic rings. The van der Waals surface area contributed by atoms with E-state index in [1.807, 2.05) is 26.0 Å². The van der Waals surface area contributed by atoms with Crippen molar-refractivity contribution in [2.45, 2.75) is 13.8 Å². The van der Waals surface area contributed by atoms with Crippen molar-refractivity contribution in [1.29, 1.82) is 0 Å². The zero-order valence-electron chi connectivity index (χ0n) is 11.7. The lowest BCUT2D eigenvalue weighted by Crippen LogP contribution is -2.35. The lowest BCUT2D eigenvalue weighted by molar-refractivity contribution is -0.133. The molecule has 0 heterocycles. The lowest BCUT2D eigenvalue weighted by Gasteiger charge is -2.20. The van der Waals surface area contributed by atoms with Gasteiger partial charge in [0.25, 0.3) is 5.91 Å². The van der Waals surface area contributed by atoms with Gasteiger partial charge in [-0.25, -0.2) is 4.79 Å². The van der Waals surface area contributed by atoms with Gasteiger partial charge in [-0.05, 0) is 48.6 Å². The summed E-state index contributed by atoms with van der Waals surface area (Å²) >= 11 is 2.06. The average Bonchev–Trinajstić information content (AvgIpc) is 2.42. The molecule has 1 aromatic carbocycles. The van der Waals surface area contributed by atoms with E-state index in [4.69, 9.17) is 4.74 Å². The molecule has 1 rings (SSSR count). The highest BCUT2D eigenvalue weighted by Crippen LogP contribution is 2.12. The molecule has 0 saturated heterocycles. The van der Waals surface area contributed by atoms with E-state index in [9.17, 15) is 9.59 Å². The molecule has 0 radical (unpaired) electrons. The molecule has 5 heteroatoms. The van der Waals surface area contributed by atoms with Crippen LogP contribution >= 0.6 is 22.6 Å². The molecule has 0 fully saturated rings. The Morgan fingerprint density at radius 2 is 2.00 bits per heavy atom. The van der Waals surface area contributed by atoms with E-state index in [-0.39, 0.29) is 12.5 Å². The minimum Gasteiger partial charge on any atom is -0.452 e. The Bertz CT molecular complexity index is 514. The van der Waals surface area contributed by atoms with E-state index in [0.29, 0.717) is 18.7 Å². The molecular weight excluding hydrogens is 369 g/mol. The Kier molecular flexibility index (Phi) is 6.70. The standard InChI is InChI=1S/C15H18INO3/c1-4-17(9-11(2)3)14(18)10-20-15(19)12-7-5-6-8-13(12)16/h5-8H,2,4,9-10H2,1,3H3. The van der Waals surface area contributed by atoms with Gasteiger partial charge in [0.2, 0.25) is 0 Å². The fourth-order valence-electron chi connectivity index (χ4n) is 1.63. The molecule has 1 aromatic rings. The van der Waals surface area contributed by atoms with Gasteiger partial charge in [-0.3, -0.25) is 4.79 Å². The van der Waals surface area contributed by atoms with Gasteiger partial charge in [-0.2, -0.15) is 0 Å². The van der Waals surface area contributed by atoms with Gasteiger partial charge in [-0.1, -0.05) is 24.3 Å². The summed E-state index contributed by atoms with van der Waals surface area (Å²) in [5, 5.41) is 0. The quantitative estimate of drug-likeness (QED) is 0.429. The second-order valence-corrected chi connectivity index (χ2v) is 5.58. The third kappa shape index (κ3) is 4.96. The third-order valence-electron chi connectivity index (χ3n) is 2.62. The molecule has 0 aliphatic carbocycles. The van der Waals surface area contributed by atoms with E-state index in [2.05, 4.69) is 29.2 Å². The first-order chi connectivity index (χ1) is 9.45. The van der Waals surface area contributed by atoms with Crippen LogP contribution in [0.3, 0.4) is 0 Å². The molecule has 0 unspecified atom stereocenters. The molecule has 0 aromatic heterocycles. The predicted molar refractivity (Wildman–Crippen MR) is 86.5 cm³/mol. The van der Waals surface area contributed by atoms with Crippen molar-refractivity contribution in [3.05, 3.63) is 45.6 Å². The number of hydrogen-bond acceptors (Lipinski definition) is 3. The summed E-state index contributed by atoms with van der Waals surface area (Å²) in [6, 6.07) is 7.10. The Balaban J connectivity index is 2.58. The molecule has 108 valence electrons. The molecule has 0 saturated carbocycles. The van der Waals surface area contributed by atoms with Gasteiger partial charge < -0.3 is 9.64 Å². The smallest absolute Gasteiger partial charge is 0.339 e. The largest absolute Gasteiger partial charge is 0.452 e. The zero-order valence-corrected chi connectivity index (χ0v) is 13.8. The maximum absolute atomic E-state index is 11.9. The van der Waals surface area contributed by atoms with Crippen molar-refractivity contribution < 1.29 is 14.3 Å². The Hall–Kier alpha value is -1.37. The van der Waals surface area contributed by atoms with Crippen LogP contribution in [-0.4, -0.2) is 36.5 Å². The molecule has 0 aliphatic heterocycles. The van der Waals surface area contributed by atoms with Crippen LogP contribution in [-0.2, 0) is 9.53 Å². The van der Waals surface area contributed by atoms with Crippen molar-refractivity contribution in [1.82, 2.24) is 4.90 Å². The number of esters is 1. The van der Waals surface area contributed by atoms with Crippen molar-refractivity contribution in [2.24, 2.45) is 0 Å². The zero-order chi connectivity index (χ0) is 15.1. The van der Waals surface area contributed by atoms with E-state index in [0.717, 1.165) is 9.14 Å². The second-order valence-electron chi connectivity index (χ2n) is 4.42. The highest BCUT2D eigenvalue weighted by atomic mass is 127. The number of benzene rings is 1. The summed E-state index contributed by atoms with van der Waals surface area (Å²) in [4.78, 5) is 25.4. The number of hydrogen-bond donors (Lipinski definition) is 0. The van der Waals surface area contributed by atoms with Crippen LogP contribution in [0.25, 0.3) is 0 Å². The number of rotatable bonds is 6. The van der Waals surface area contributed by atoms with Gasteiger partial charge in [0.15, 0.2) is 6.61 Å². The predicted octanol–water partition coefficient (Wildman–Crippen LogP) is 2.87. The third-order valence-corrected chi connectivity index (χ3v) is 3.56. The maximum Gasteiger partial charge on any atom is 0.339 e. The van der Waals surface area contributed by atoms with E-state index >= 15 is 0 Å². The number of carbonyl (C=O) groups is 2. The van der Waals surface area contributed by atoms with E-state index in [1.54, 1.807) is 17.0 Å². The summed E-state index contributed by atoms with van der Waals surface area (Å²) < 4.78 is 5.87. The van der Waals surface area contributed by atoms with Crippen LogP contribution in [0.1, 0.15) is 24.2 Å². The van der Waals surface area contributed by atoms with Crippen molar-refractivity contribution >= 4 is 34.5 Å². The van der Waals surface area contributed by atoms with Crippen molar-refractivity contribution in [3.63, 3.8) is 0 Å². The normalized spacial score (nSPS) is 9.95. The Morgan fingerprint density at radius 1 is 1.35 bits per heavy atom. The number of halogens is 1. The molecular formula is C15H18INO3. The van der Waals surface area contributed by atoms with Crippen molar-refractivity contribution in [3.8, 4) is 0 Å². The van der Waals surface area contributed by atoms with Gasteiger partial charge in [0, 0.05) is 16.7 Å². The van der Waals surface area contributed by atoms with Gasteiger partial charge in [-0.15, -0.1) is 0 Å². The Morgan fingerprint density at radius 3 is 2.55 bits per heavy atom. The van der Waals surface area contributed by atoms with Gasteiger partial charge in [0.1, 0.15) is 0 Å². The molecule has 0 bridgehead atoms. The minimum atomic E-state index is -0.477. The second kappa shape index (κ2) is 8.04. The topological polar surface area (TPSA) is 46.6 Å². The van der Waals surface area contributed by atoms with Crippen LogP contribution in [0.2, 0.25) is 0 Å². The number of ether oxygens (including phenoxy) is 1. The average molecular weight is 387 g/mol. The molecule has 4 nitrogen and oxygen atoms in total. The first-order valence-corrected chi connectivity index (χ1v) is 7.37. The van der Waals surface area contributed by atoms with Crippen LogP contribution < -0.4 is 0 Å². The summed E-state index contributed by atoms with van der Waals surface area (Å²) in [5.41, 5.74) is 1.37. The monoisotopic (exact) mass is 387 g/mol. The Labute approximate surface area is 132 Å². The SMILES string of the molecule is C=C(C)CN(CC)C(=O)COC(=O)c1ccccc1I. The van der Waals surface area contributed by atoms with Gasteiger partial charge >= 0.3 is 5.97 Å². The fourth-order valence-corrected chi connectivity index (χ4v) is 2.23. The summed E-state index contributed by atoms with van der Waals surface area (Å²) in [6.45, 7) is 8.31. The van der Waals surface area contributed by atoms with Crippen LogP contribution in [0, 0.1) is 3.57 Å². The summed E-state index contributed by atoms with van der Waals surface area (Å²) in [6.07, 6.45) is 0. The summed E-state index contributed by atoms with van der Waals surface area (Å²) in [5.74, 6) is -0.690. The van der Waals surface area contributed by atoms with Crippen LogP contribution in [0.4, 0.5) is 0 Å². The first-order valence-electron chi connectivity index (χ1n) is 6.29. The van der Waals surface area contributed by atoms with Crippen LogP contribution in [0.5, 0.6) is 0 Å². The minimum absolute atomic E-state index is 0.213. The molecule has 20 heavy (non-hydrogen) atoms. The molecule has 0 spiro atoms. The molecule has 0 N–H and O–H groups in total. The van der Waals surface area contributed by atoms with E-state index in [1.165, 1.54) is 0 Å². The first kappa shape index (κ1) is 16.7. The molecule has 1 amide bonds. The lowest BCUT2D eigenvalue weighted by atomic mass is 10.2. The number of amides is 1.